The minimum absolute atomic E-state index is 0.00659. The zero-order valence-electron chi connectivity index (χ0n) is 18.4. The topological polar surface area (TPSA) is 110 Å². The molecule has 0 radical (unpaired) electrons. The number of para-hydroxylation sites is 1. The van der Waals surface area contributed by atoms with E-state index < -0.39 is 28.3 Å². The second kappa shape index (κ2) is 9.92. The van der Waals surface area contributed by atoms with Crippen LogP contribution in [0.2, 0.25) is 0 Å². The van der Waals surface area contributed by atoms with E-state index in [9.17, 15) is 24.0 Å². The van der Waals surface area contributed by atoms with E-state index in [0.717, 1.165) is 26.8 Å². The normalized spacial score (nSPS) is 14.9. The van der Waals surface area contributed by atoms with E-state index in [-0.39, 0.29) is 26.2 Å². The molecule has 1 fully saturated rings. The number of hydrogen-bond donors (Lipinski definition) is 1. The number of aromatic nitrogens is 2. The molecule has 2 heterocycles. The average Bonchev–Trinajstić information content (AvgIpc) is 3.10. The van der Waals surface area contributed by atoms with Crippen molar-refractivity contribution < 1.29 is 14.4 Å². The quantitative estimate of drug-likeness (QED) is 0.521. The van der Waals surface area contributed by atoms with E-state index in [1.54, 1.807) is 37.3 Å². The Bertz CT molecular complexity index is 1420. The molecule has 0 bridgehead atoms. The summed E-state index contributed by atoms with van der Waals surface area (Å²) < 4.78 is 2.33. The molecule has 9 nitrogen and oxygen atoms in total. The van der Waals surface area contributed by atoms with Crippen molar-refractivity contribution in [1.82, 2.24) is 19.4 Å². The minimum atomic E-state index is -0.571. The molecule has 3 aromatic rings. The van der Waals surface area contributed by atoms with Gasteiger partial charge in [0.15, 0.2) is 0 Å². The van der Waals surface area contributed by atoms with Gasteiger partial charge in [-0.25, -0.2) is 4.79 Å². The first-order chi connectivity index (χ1) is 16.4. The number of rotatable bonds is 7. The molecular weight excluding hydrogens is 456 g/mol. The van der Waals surface area contributed by atoms with Gasteiger partial charge >= 0.3 is 5.69 Å². The third-order valence-corrected chi connectivity index (χ3v) is 6.29. The monoisotopic (exact) mass is 478 g/mol. The van der Waals surface area contributed by atoms with Crippen LogP contribution in [0.4, 0.5) is 4.79 Å². The number of hydrogen-bond acceptors (Lipinski definition) is 6. The van der Waals surface area contributed by atoms with Crippen molar-refractivity contribution in [3.8, 4) is 0 Å². The molecule has 10 heteroatoms. The zero-order valence-corrected chi connectivity index (χ0v) is 19.2. The molecular formula is C24H22N4O5S. The molecule has 1 aliphatic heterocycles. The second-order valence-electron chi connectivity index (χ2n) is 7.53. The number of thioether (sulfide) groups is 1. The van der Waals surface area contributed by atoms with Crippen molar-refractivity contribution in [2.75, 3.05) is 13.1 Å². The number of carbonyl (C=O) groups is 3. The van der Waals surface area contributed by atoms with Gasteiger partial charge in [-0.1, -0.05) is 42.5 Å². The van der Waals surface area contributed by atoms with Crippen LogP contribution in [0.1, 0.15) is 12.5 Å². The summed E-state index contributed by atoms with van der Waals surface area (Å²) in [6, 6.07) is 15.8. The summed E-state index contributed by atoms with van der Waals surface area (Å²) in [5.41, 5.74) is 0.211. The highest BCUT2D eigenvalue weighted by Crippen LogP contribution is 2.31. The van der Waals surface area contributed by atoms with E-state index in [4.69, 9.17) is 0 Å². The molecule has 0 atom stereocenters. The van der Waals surface area contributed by atoms with Crippen LogP contribution in [0.25, 0.3) is 17.0 Å². The third kappa shape index (κ3) is 4.58. The molecule has 0 saturated carbocycles. The van der Waals surface area contributed by atoms with Crippen molar-refractivity contribution in [2.45, 2.75) is 20.0 Å². The van der Waals surface area contributed by atoms with Crippen LogP contribution in [0.5, 0.6) is 0 Å². The number of fused-ring (bicyclic) bond motifs is 1. The highest BCUT2D eigenvalue weighted by atomic mass is 32.2. The van der Waals surface area contributed by atoms with Gasteiger partial charge in [0.25, 0.3) is 16.7 Å². The lowest BCUT2D eigenvalue weighted by atomic mass is 10.2. The Kier molecular flexibility index (Phi) is 6.78. The molecule has 2 aromatic carbocycles. The van der Waals surface area contributed by atoms with Gasteiger partial charge < -0.3 is 5.32 Å². The first-order valence-corrected chi connectivity index (χ1v) is 11.5. The molecule has 3 amide bonds. The zero-order chi connectivity index (χ0) is 24.2. The van der Waals surface area contributed by atoms with Gasteiger partial charge in [-0.3, -0.25) is 33.2 Å². The maximum Gasteiger partial charge on any atom is 0.331 e. The van der Waals surface area contributed by atoms with Crippen molar-refractivity contribution in [3.05, 3.63) is 85.9 Å². The summed E-state index contributed by atoms with van der Waals surface area (Å²) in [7, 11) is 0. The van der Waals surface area contributed by atoms with Crippen LogP contribution < -0.4 is 16.6 Å². The third-order valence-electron chi connectivity index (χ3n) is 5.38. The fourth-order valence-corrected chi connectivity index (χ4v) is 4.57. The summed E-state index contributed by atoms with van der Waals surface area (Å²) in [6.07, 6.45) is 1.66. The number of nitrogens with zero attached hydrogens (tertiary/aromatic N) is 3. The van der Waals surface area contributed by atoms with Crippen molar-refractivity contribution in [1.29, 1.82) is 0 Å². The Morgan fingerprint density at radius 3 is 2.41 bits per heavy atom. The van der Waals surface area contributed by atoms with Crippen molar-refractivity contribution in [2.24, 2.45) is 0 Å². The fourth-order valence-electron chi connectivity index (χ4n) is 3.70. The second-order valence-corrected chi connectivity index (χ2v) is 8.52. The van der Waals surface area contributed by atoms with E-state index in [1.807, 2.05) is 30.3 Å². The molecule has 4 rings (SSSR count). The van der Waals surface area contributed by atoms with Crippen LogP contribution in [-0.2, 0) is 22.7 Å². The fraction of sp³-hybridized carbons (Fsp3) is 0.208. The number of carbonyl (C=O) groups excluding carboxylic acids is 3. The van der Waals surface area contributed by atoms with E-state index >= 15 is 0 Å². The summed E-state index contributed by atoms with van der Waals surface area (Å²) in [6.45, 7) is 1.61. The highest BCUT2D eigenvalue weighted by Gasteiger charge is 2.34. The van der Waals surface area contributed by atoms with Gasteiger partial charge in [-0.2, -0.15) is 0 Å². The van der Waals surface area contributed by atoms with Gasteiger partial charge in [0.1, 0.15) is 6.54 Å². The lowest BCUT2D eigenvalue weighted by molar-refractivity contribution is -0.124. The van der Waals surface area contributed by atoms with Crippen LogP contribution in [0, 0.1) is 0 Å². The Morgan fingerprint density at radius 2 is 1.68 bits per heavy atom. The SMILES string of the molecule is CCn1c(=O)c2ccccc2n(CC(=O)NCCN2C(=O)S/C(=C\c3ccccc3)C2=O)c1=O. The Balaban J connectivity index is 1.43. The lowest BCUT2D eigenvalue weighted by Crippen LogP contribution is -2.43. The lowest BCUT2D eigenvalue weighted by Gasteiger charge is -2.15. The predicted octanol–water partition coefficient (Wildman–Crippen LogP) is 2.04. The van der Waals surface area contributed by atoms with Crippen LogP contribution in [0.15, 0.2) is 69.1 Å². The van der Waals surface area contributed by atoms with Crippen LogP contribution in [-0.4, -0.2) is 44.2 Å². The summed E-state index contributed by atoms with van der Waals surface area (Å²) in [5, 5.41) is 2.59. The van der Waals surface area contributed by atoms with Crippen LogP contribution in [0.3, 0.4) is 0 Å². The highest BCUT2D eigenvalue weighted by molar-refractivity contribution is 8.18. The Morgan fingerprint density at radius 1 is 0.971 bits per heavy atom. The van der Waals surface area contributed by atoms with Crippen LogP contribution >= 0.6 is 11.8 Å². The maximum absolute atomic E-state index is 12.8. The maximum atomic E-state index is 12.8. The summed E-state index contributed by atoms with van der Waals surface area (Å²) in [4.78, 5) is 64.1. The minimum Gasteiger partial charge on any atom is -0.353 e. The first-order valence-electron chi connectivity index (χ1n) is 10.7. The molecule has 174 valence electrons. The Hall–Kier alpha value is -3.92. The number of benzene rings is 2. The largest absolute Gasteiger partial charge is 0.353 e. The van der Waals surface area contributed by atoms with E-state index in [1.165, 1.54) is 4.57 Å². The van der Waals surface area contributed by atoms with Gasteiger partial charge in [-0.15, -0.1) is 0 Å². The number of imide groups is 1. The van der Waals surface area contributed by atoms with E-state index in [2.05, 4.69) is 5.32 Å². The van der Waals surface area contributed by atoms with Gasteiger partial charge in [0, 0.05) is 19.6 Å². The molecule has 1 saturated heterocycles. The molecule has 1 aromatic heterocycles. The molecule has 34 heavy (non-hydrogen) atoms. The summed E-state index contributed by atoms with van der Waals surface area (Å²) in [5.74, 6) is -0.884. The van der Waals surface area contributed by atoms with Gasteiger partial charge in [0.05, 0.1) is 15.8 Å². The molecule has 0 aliphatic carbocycles. The molecule has 1 N–H and O–H groups in total. The molecule has 0 spiro atoms. The van der Waals surface area contributed by atoms with Gasteiger partial charge in [0.2, 0.25) is 5.91 Å². The number of amides is 3. The predicted molar refractivity (Wildman–Crippen MR) is 130 cm³/mol. The molecule has 1 aliphatic rings. The van der Waals surface area contributed by atoms with Crippen molar-refractivity contribution >= 4 is 45.8 Å². The smallest absolute Gasteiger partial charge is 0.331 e. The molecule has 0 unspecified atom stereocenters. The van der Waals surface area contributed by atoms with E-state index in [0.29, 0.717) is 15.8 Å². The average molecular weight is 479 g/mol. The first kappa shape index (κ1) is 23.2. The number of nitrogens with one attached hydrogen (secondary N) is 1. The Labute approximate surface area is 198 Å². The standard InChI is InChI=1S/C24H22N4O5S/c1-2-26-21(30)17-10-6-7-11-18(17)28(23(26)32)15-20(29)25-12-13-27-22(31)19(34-24(27)33)14-16-8-4-3-5-9-16/h3-11,14H,2,12-13,15H2,1H3,(H,25,29)/b19-14-. The van der Waals surface area contributed by atoms with Crippen molar-refractivity contribution in [3.63, 3.8) is 0 Å². The van der Waals surface area contributed by atoms with Gasteiger partial charge in [-0.05, 0) is 42.5 Å². The summed E-state index contributed by atoms with van der Waals surface area (Å²) >= 11 is 0.855.